The van der Waals surface area contributed by atoms with Gasteiger partial charge in [0.1, 0.15) is 11.4 Å². The van der Waals surface area contributed by atoms with Gasteiger partial charge in [-0.25, -0.2) is 0 Å². The van der Waals surface area contributed by atoms with E-state index in [1.54, 1.807) is 73.8 Å². The number of ether oxygens (including phenoxy) is 1. The van der Waals surface area contributed by atoms with Crippen molar-refractivity contribution in [2.75, 3.05) is 23.5 Å². The van der Waals surface area contributed by atoms with Crippen LogP contribution in [-0.2, 0) is 9.59 Å². The third kappa shape index (κ3) is 8.33. The summed E-state index contributed by atoms with van der Waals surface area (Å²) in [5.41, 5.74) is 2.49. The maximum atomic E-state index is 13.2. The highest BCUT2D eigenvalue weighted by Crippen LogP contribution is 2.24. The average molecular weight is 617 g/mol. The van der Waals surface area contributed by atoms with E-state index in [2.05, 4.69) is 31.9 Å². The van der Waals surface area contributed by atoms with E-state index in [0.29, 0.717) is 28.3 Å². The second-order valence-corrected chi connectivity index (χ2v) is 10.3. The topological polar surface area (TPSA) is 96.5 Å². The molecule has 40 heavy (non-hydrogen) atoms. The summed E-state index contributed by atoms with van der Waals surface area (Å²) in [7, 11) is 1.58. The monoisotopic (exact) mass is 615 g/mol. The van der Waals surface area contributed by atoms with Crippen LogP contribution in [0.4, 0.5) is 11.4 Å². The summed E-state index contributed by atoms with van der Waals surface area (Å²) in [6.45, 7) is 0. The highest BCUT2D eigenvalue weighted by atomic mass is 79.9. The van der Waals surface area contributed by atoms with Crippen molar-refractivity contribution >= 4 is 62.9 Å². The molecule has 3 N–H and O–H groups in total. The lowest BCUT2D eigenvalue weighted by Crippen LogP contribution is -2.30. The number of rotatable bonds is 10. The van der Waals surface area contributed by atoms with Gasteiger partial charge in [-0.05, 0) is 88.2 Å². The molecule has 0 aromatic heterocycles. The summed E-state index contributed by atoms with van der Waals surface area (Å²) >= 11 is 4.80. The van der Waals surface area contributed by atoms with Crippen LogP contribution in [0.2, 0.25) is 0 Å². The summed E-state index contributed by atoms with van der Waals surface area (Å²) in [6, 6.07) is 30.4. The van der Waals surface area contributed by atoms with Crippen molar-refractivity contribution in [3.8, 4) is 5.75 Å². The zero-order valence-electron chi connectivity index (χ0n) is 21.5. The lowest BCUT2D eigenvalue weighted by Gasteiger charge is -2.12. The van der Waals surface area contributed by atoms with Gasteiger partial charge in [-0.1, -0.05) is 42.5 Å². The van der Waals surface area contributed by atoms with Crippen molar-refractivity contribution in [2.45, 2.75) is 4.90 Å². The molecule has 0 radical (unpaired) electrons. The first-order chi connectivity index (χ1) is 19.4. The standard InChI is InChI=1S/C31H26BrN3O4S/c1-39-24-15-11-21(12-16-24)19-28(35-30(37)22-7-3-2-4-8-22)31(38)33-23-13-17-25(18-14-23)40-20-29(36)34-27-10-6-5-9-26(27)32/h2-19H,20H2,1H3,(H,33,38)(H,34,36)(H,35,37)/b28-19-. The summed E-state index contributed by atoms with van der Waals surface area (Å²) in [5, 5.41) is 8.43. The largest absolute Gasteiger partial charge is 0.497 e. The Kier molecular flexibility index (Phi) is 10.1. The minimum atomic E-state index is -0.478. The number of carbonyl (C=O) groups is 3. The molecule has 0 aliphatic heterocycles. The van der Waals surface area contributed by atoms with Crippen LogP contribution in [0, 0.1) is 0 Å². The predicted octanol–water partition coefficient (Wildman–Crippen LogP) is 6.60. The zero-order valence-corrected chi connectivity index (χ0v) is 23.9. The van der Waals surface area contributed by atoms with Crippen molar-refractivity contribution in [2.24, 2.45) is 0 Å². The normalized spacial score (nSPS) is 10.9. The van der Waals surface area contributed by atoms with Crippen molar-refractivity contribution in [1.82, 2.24) is 5.32 Å². The minimum Gasteiger partial charge on any atom is -0.497 e. The van der Waals surface area contributed by atoms with E-state index in [0.717, 1.165) is 9.37 Å². The van der Waals surface area contributed by atoms with E-state index in [9.17, 15) is 14.4 Å². The van der Waals surface area contributed by atoms with E-state index in [-0.39, 0.29) is 17.4 Å². The Labute approximate surface area is 245 Å². The smallest absolute Gasteiger partial charge is 0.272 e. The molecular formula is C31H26BrN3O4S. The molecule has 0 unspecified atom stereocenters. The third-order valence-electron chi connectivity index (χ3n) is 5.59. The first kappa shape index (κ1) is 28.7. The quantitative estimate of drug-likeness (QED) is 0.138. The number of carbonyl (C=O) groups excluding carboxylic acids is 3. The summed E-state index contributed by atoms with van der Waals surface area (Å²) < 4.78 is 6.01. The molecular weight excluding hydrogens is 590 g/mol. The number of hydrogen-bond acceptors (Lipinski definition) is 5. The molecule has 4 aromatic carbocycles. The molecule has 7 nitrogen and oxygen atoms in total. The first-order valence-corrected chi connectivity index (χ1v) is 14.0. The van der Waals surface area contributed by atoms with E-state index in [1.807, 2.05) is 42.5 Å². The molecule has 0 atom stereocenters. The van der Waals surface area contributed by atoms with Crippen molar-refractivity contribution < 1.29 is 19.1 Å². The van der Waals surface area contributed by atoms with Gasteiger partial charge < -0.3 is 20.7 Å². The number of hydrogen-bond donors (Lipinski definition) is 3. The Hall–Kier alpha value is -4.34. The number of nitrogens with one attached hydrogen (secondary N) is 3. The highest BCUT2D eigenvalue weighted by molar-refractivity contribution is 9.10. The van der Waals surface area contributed by atoms with Crippen molar-refractivity contribution in [3.05, 3.63) is 124 Å². The summed E-state index contributed by atoms with van der Waals surface area (Å²) in [6.07, 6.45) is 1.60. The van der Waals surface area contributed by atoms with Crippen LogP contribution >= 0.6 is 27.7 Å². The second-order valence-electron chi connectivity index (χ2n) is 8.45. The van der Waals surface area contributed by atoms with Gasteiger partial charge in [0.25, 0.3) is 11.8 Å². The molecule has 0 saturated heterocycles. The number of para-hydroxylation sites is 1. The number of amides is 3. The number of thioether (sulfide) groups is 1. The molecule has 0 heterocycles. The molecule has 3 amide bonds. The molecule has 0 aliphatic carbocycles. The average Bonchev–Trinajstić information content (AvgIpc) is 2.98. The molecule has 9 heteroatoms. The summed E-state index contributed by atoms with van der Waals surface area (Å²) in [5.74, 6) is -0.0965. The Morgan fingerprint density at radius 1 is 0.825 bits per heavy atom. The molecule has 0 fully saturated rings. The van der Waals surface area contributed by atoms with Gasteiger partial charge in [0.2, 0.25) is 5.91 Å². The minimum absolute atomic E-state index is 0.0845. The Morgan fingerprint density at radius 3 is 2.17 bits per heavy atom. The van der Waals surface area contributed by atoms with Crippen molar-refractivity contribution in [1.29, 1.82) is 0 Å². The van der Waals surface area contributed by atoms with Crippen LogP contribution in [0.1, 0.15) is 15.9 Å². The van der Waals surface area contributed by atoms with E-state index in [4.69, 9.17) is 4.74 Å². The van der Waals surface area contributed by atoms with E-state index >= 15 is 0 Å². The van der Waals surface area contributed by atoms with Gasteiger partial charge in [-0.3, -0.25) is 14.4 Å². The lowest BCUT2D eigenvalue weighted by atomic mass is 10.1. The maximum Gasteiger partial charge on any atom is 0.272 e. The third-order valence-corrected chi connectivity index (χ3v) is 7.29. The fraction of sp³-hybridized carbons (Fsp3) is 0.0645. The van der Waals surface area contributed by atoms with Crippen LogP contribution in [0.5, 0.6) is 5.75 Å². The van der Waals surface area contributed by atoms with Gasteiger partial charge in [0, 0.05) is 20.6 Å². The van der Waals surface area contributed by atoms with Gasteiger partial charge in [-0.2, -0.15) is 0 Å². The first-order valence-electron chi connectivity index (χ1n) is 12.2. The number of benzene rings is 4. The number of halogens is 1. The Balaban J connectivity index is 1.41. The van der Waals surface area contributed by atoms with Gasteiger partial charge >= 0.3 is 0 Å². The molecule has 202 valence electrons. The SMILES string of the molecule is COc1ccc(/C=C(\NC(=O)c2ccccc2)C(=O)Nc2ccc(SCC(=O)Nc3ccccc3Br)cc2)cc1. The Morgan fingerprint density at radius 2 is 1.50 bits per heavy atom. The molecule has 0 bridgehead atoms. The van der Waals surface area contributed by atoms with Gasteiger partial charge in [-0.15, -0.1) is 11.8 Å². The predicted molar refractivity (Wildman–Crippen MR) is 163 cm³/mol. The molecule has 4 aromatic rings. The van der Waals surface area contributed by atoms with Crippen LogP contribution in [0.15, 0.2) is 118 Å². The van der Waals surface area contributed by atoms with Gasteiger partial charge in [0.15, 0.2) is 0 Å². The van der Waals surface area contributed by atoms with Gasteiger partial charge in [0.05, 0.1) is 18.6 Å². The van der Waals surface area contributed by atoms with Crippen LogP contribution < -0.4 is 20.7 Å². The zero-order chi connectivity index (χ0) is 28.3. The fourth-order valence-corrected chi connectivity index (χ4v) is 4.62. The lowest BCUT2D eigenvalue weighted by molar-refractivity contribution is -0.114. The highest BCUT2D eigenvalue weighted by Gasteiger charge is 2.15. The van der Waals surface area contributed by atoms with E-state index < -0.39 is 11.8 Å². The molecule has 0 saturated carbocycles. The molecule has 4 rings (SSSR count). The van der Waals surface area contributed by atoms with Crippen LogP contribution in [0.3, 0.4) is 0 Å². The fourth-order valence-electron chi connectivity index (χ4n) is 3.54. The summed E-state index contributed by atoms with van der Waals surface area (Å²) in [4.78, 5) is 39.3. The maximum absolute atomic E-state index is 13.2. The second kappa shape index (κ2) is 14.2. The number of anilines is 2. The molecule has 0 spiro atoms. The Bertz CT molecular complexity index is 1510. The van der Waals surface area contributed by atoms with Crippen LogP contribution in [0.25, 0.3) is 6.08 Å². The molecule has 0 aliphatic rings. The number of methoxy groups -OCH3 is 1. The van der Waals surface area contributed by atoms with Crippen molar-refractivity contribution in [3.63, 3.8) is 0 Å². The van der Waals surface area contributed by atoms with Crippen LogP contribution in [-0.4, -0.2) is 30.6 Å². The van der Waals surface area contributed by atoms with E-state index in [1.165, 1.54) is 11.8 Å².